The monoisotopic (exact) mass is 273 g/mol. The average molecular weight is 273 g/mol. The highest BCUT2D eigenvalue weighted by molar-refractivity contribution is 5.48. The summed E-state index contributed by atoms with van der Waals surface area (Å²) in [5, 5.41) is 30.8. The highest BCUT2D eigenvalue weighted by atomic mass is 16.6. The third-order valence-corrected chi connectivity index (χ3v) is 2.21. The molecule has 0 radical (unpaired) electrons. The van der Waals surface area contributed by atoms with Gasteiger partial charge in [0.1, 0.15) is 0 Å². The first kappa shape index (κ1) is 14.6. The summed E-state index contributed by atoms with van der Waals surface area (Å²) >= 11 is 0. The van der Waals surface area contributed by atoms with Gasteiger partial charge in [0.15, 0.2) is 17.5 Å². The summed E-state index contributed by atoms with van der Waals surface area (Å²) in [7, 11) is 2.51. The number of aliphatic hydroxyl groups is 1. The fourth-order valence-corrected chi connectivity index (χ4v) is 1.39. The maximum absolute atomic E-state index is 10.9. The number of nitro groups is 2. The normalized spacial score (nSPS) is 11.7. The second-order valence-electron chi connectivity index (χ2n) is 3.39. The van der Waals surface area contributed by atoms with Gasteiger partial charge < -0.3 is 14.6 Å². The van der Waals surface area contributed by atoms with E-state index < -0.39 is 33.9 Å². The summed E-state index contributed by atoms with van der Waals surface area (Å²) in [4.78, 5) is 23.3. The highest BCUT2D eigenvalue weighted by Crippen LogP contribution is 2.34. The van der Waals surface area contributed by atoms with Crippen molar-refractivity contribution in [3.63, 3.8) is 0 Å². The van der Waals surface area contributed by atoms with E-state index in [4.69, 9.17) is 9.47 Å². The van der Waals surface area contributed by atoms with Gasteiger partial charge in [-0.2, -0.15) is 0 Å². The lowest BCUT2D eigenvalue weighted by Gasteiger charge is -2.11. The summed E-state index contributed by atoms with van der Waals surface area (Å²) < 4.78 is 9.66. The summed E-state index contributed by atoms with van der Waals surface area (Å²) in [6.07, 6.45) is -1.71. The van der Waals surface area contributed by atoms with Gasteiger partial charge in [-0.15, -0.1) is 0 Å². The van der Waals surface area contributed by atoms with Crippen LogP contribution in [0.2, 0.25) is 0 Å². The lowest BCUT2D eigenvalue weighted by molar-refractivity contribution is -0.492. The minimum absolute atomic E-state index is 0.00810. The minimum Gasteiger partial charge on any atom is -0.491 e. The highest BCUT2D eigenvalue weighted by Gasteiger charge is 2.29. The molecule has 1 aromatic heterocycles. The van der Waals surface area contributed by atoms with Crippen molar-refractivity contribution in [2.24, 2.45) is 0 Å². The maximum Gasteiger partial charge on any atom is 0.297 e. The van der Waals surface area contributed by atoms with E-state index in [0.717, 1.165) is 6.07 Å². The molecular weight excluding hydrogens is 262 g/mol. The molecule has 0 aliphatic rings. The number of ether oxygens (including phenoxy) is 2. The van der Waals surface area contributed by atoms with Crippen molar-refractivity contribution in [2.45, 2.75) is 6.10 Å². The summed E-state index contributed by atoms with van der Waals surface area (Å²) in [6.45, 7) is -0.899. The van der Waals surface area contributed by atoms with Crippen LogP contribution in [0.1, 0.15) is 11.8 Å². The number of pyridine rings is 1. The molecule has 0 aliphatic heterocycles. The molecule has 0 bridgehead atoms. The molecule has 10 nitrogen and oxygen atoms in total. The molecule has 0 aromatic carbocycles. The van der Waals surface area contributed by atoms with Crippen molar-refractivity contribution in [2.75, 3.05) is 20.8 Å². The van der Waals surface area contributed by atoms with Gasteiger partial charge in [0.2, 0.25) is 6.54 Å². The lowest BCUT2D eigenvalue weighted by Crippen LogP contribution is -2.15. The third-order valence-electron chi connectivity index (χ3n) is 2.21. The molecule has 1 heterocycles. The van der Waals surface area contributed by atoms with Gasteiger partial charge in [-0.1, -0.05) is 0 Å². The Labute approximate surface area is 106 Å². The summed E-state index contributed by atoms with van der Waals surface area (Å²) in [5.41, 5.74) is -1.02. The molecule has 0 amide bonds. The SMILES string of the molecule is COc1cc([N+](=O)[O-])c(C(O)C[N+](=O)[O-])nc1OC. The Morgan fingerprint density at radius 2 is 2.00 bits per heavy atom. The Hall–Kier alpha value is -2.49. The van der Waals surface area contributed by atoms with Crippen molar-refractivity contribution < 1.29 is 24.4 Å². The number of methoxy groups -OCH3 is 2. The van der Waals surface area contributed by atoms with Crippen molar-refractivity contribution in [1.82, 2.24) is 4.98 Å². The van der Waals surface area contributed by atoms with Gasteiger partial charge in [0, 0.05) is 4.92 Å². The van der Waals surface area contributed by atoms with Crippen LogP contribution in [0.25, 0.3) is 0 Å². The first-order valence-corrected chi connectivity index (χ1v) is 4.97. The Morgan fingerprint density at radius 1 is 1.37 bits per heavy atom. The minimum atomic E-state index is -1.71. The van der Waals surface area contributed by atoms with Gasteiger partial charge in [-0.3, -0.25) is 20.2 Å². The first-order chi connectivity index (χ1) is 8.90. The second-order valence-corrected chi connectivity index (χ2v) is 3.39. The van der Waals surface area contributed by atoms with Crippen molar-refractivity contribution in [3.05, 3.63) is 32.0 Å². The van der Waals surface area contributed by atoms with Crippen LogP contribution in [0.3, 0.4) is 0 Å². The molecule has 1 N–H and O–H groups in total. The van der Waals surface area contributed by atoms with Gasteiger partial charge in [-0.05, 0) is 0 Å². The first-order valence-electron chi connectivity index (χ1n) is 4.97. The Balaban J connectivity index is 3.34. The fourth-order valence-electron chi connectivity index (χ4n) is 1.39. The van der Waals surface area contributed by atoms with Gasteiger partial charge in [0.05, 0.1) is 25.2 Å². The van der Waals surface area contributed by atoms with Crippen LogP contribution < -0.4 is 9.47 Å². The smallest absolute Gasteiger partial charge is 0.297 e. The third kappa shape index (κ3) is 3.25. The Bertz CT molecular complexity index is 505. The van der Waals surface area contributed by atoms with E-state index in [1.54, 1.807) is 0 Å². The number of hydrogen-bond donors (Lipinski definition) is 1. The van der Waals surface area contributed by atoms with Crippen LogP contribution in [-0.4, -0.2) is 40.7 Å². The van der Waals surface area contributed by atoms with Crippen LogP contribution in [0.4, 0.5) is 5.69 Å². The maximum atomic E-state index is 10.9. The van der Waals surface area contributed by atoms with E-state index in [1.165, 1.54) is 14.2 Å². The molecule has 104 valence electrons. The Kier molecular flexibility index (Phi) is 4.53. The van der Waals surface area contributed by atoms with Crippen LogP contribution in [0, 0.1) is 20.2 Å². The molecule has 10 heteroatoms. The molecule has 1 aromatic rings. The zero-order valence-electron chi connectivity index (χ0n) is 10.1. The van der Waals surface area contributed by atoms with E-state index in [-0.39, 0.29) is 11.6 Å². The largest absolute Gasteiger partial charge is 0.491 e. The molecule has 19 heavy (non-hydrogen) atoms. The lowest BCUT2D eigenvalue weighted by atomic mass is 10.2. The van der Waals surface area contributed by atoms with Crippen molar-refractivity contribution >= 4 is 5.69 Å². The quantitative estimate of drug-likeness (QED) is 0.577. The van der Waals surface area contributed by atoms with E-state index in [1.807, 2.05) is 0 Å². The molecule has 0 saturated heterocycles. The summed E-state index contributed by atoms with van der Waals surface area (Å²) in [5.74, 6) is -0.114. The van der Waals surface area contributed by atoms with Crippen LogP contribution in [-0.2, 0) is 0 Å². The van der Waals surface area contributed by atoms with E-state index in [2.05, 4.69) is 4.98 Å². The Morgan fingerprint density at radius 3 is 2.42 bits per heavy atom. The number of nitrogens with zero attached hydrogens (tertiary/aromatic N) is 3. The molecule has 1 atom stereocenters. The number of hydrogen-bond acceptors (Lipinski definition) is 8. The molecule has 1 rings (SSSR count). The van der Waals surface area contributed by atoms with Crippen molar-refractivity contribution in [3.8, 4) is 11.6 Å². The predicted molar refractivity (Wildman–Crippen MR) is 60.8 cm³/mol. The number of rotatable bonds is 6. The van der Waals surface area contributed by atoms with Gasteiger partial charge in [0.25, 0.3) is 11.6 Å². The molecule has 0 spiro atoms. The summed E-state index contributed by atoms with van der Waals surface area (Å²) in [6, 6.07) is 0.990. The molecule has 0 saturated carbocycles. The topological polar surface area (TPSA) is 138 Å². The van der Waals surface area contributed by atoms with Crippen molar-refractivity contribution in [1.29, 1.82) is 0 Å². The van der Waals surface area contributed by atoms with E-state index in [0.29, 0.717) is 0 Å². The molecule has 0 aliphatic carbocycles. The second kappa shape index (κ2) is 5.91. The van der Waals surface area contributed by atoms with Crippen LogP contribution >= 0.6 is 0 Å². The zero-order valence-corrected chi connectivity index (χ0v) is 10.1. The van der Waals surface area contributed by atoms with Crippen LogP contribution in [0.15, 0.2) is 6.07 Å². The standard InChI is InChI=1S/C9H11N3O7/c1-18-7-3-5(12(16)17)8(10-9(7)19-2)6(13)4-11(14)15/h3,6,13H,4H2,1-2H3. The van der Waals surface area contributed by atoms with Gasteiger partial charge in [-0.25, -0.2) is 4.98 Å². The predicted octanol–water partition coefficient (Wildman–Crippen LogP) is 0.317. The molecular formula is C9H11N3O7. The van der Waals surface area contributed by atoms with Gasteiger partial charge >= 0.3 is 0 Å². The van der Waals surface area contributed by atoms with E-state index in [9.17, 15) is 25.3 Å². The number of aromatic nitrogens is 1. The molecule has 1 unspecified atom stereocenters. The number of aliphatic hydroxyl groups excluding tert-OH is 1. The molecule has 0 fully saturated rings. The van der Waals surface area contributed by atoms with Crippen LogP contribution in [0.5, 0.6) is 11.6 Å². The zero-order chi connectivity index (χ0) is 14.6. The average Bonchev–Trinajstić information content (AvgIpc) is 2.35. The van der Waals surface area contributed by atoms with E-state index >= 15 is 0 Å². The fraction of sp³-hybridized carbons (Fsp3) is 0.444.